The second-order valence-electron chi connectivity index (χ2n) is 4.15. The van der Waals surface area contributed by atoms with E-state index in [9.17, 15) is 4.79 Å². The Morgan fingerprint density at radius 3 is 2.78 bits per heavy atom. The molecule has 2 aromatic rings. The molecule has 0 amide bonds. The quantitative estimate of drug-likeness (QED) is 0.615. The lowest BCUT2D eigenvalue weighted by Crippen LogP contribution is -2.28. The molecule has 18 heavy (non-hydrogen) atoms. The number of alkyl halides is 1. The number of unbranched alkanes of at least 4 members (excludes halogenated alkanes) is 1. The highest BCUT2D eigenvalue weighted by atomic mass is 35.5. The van der Waals surface area contributed by atoms with Crippen LogP contribution in [0.5, 0.6) is 0 Å². The van der Waals surface area contributed by atoms with E-state index in [0.29, 0.717) is 11.3 Å². The molecule has 0 bridgehead atoms. The Morgan fingerprint density at radius 2 is 2.06 bits per heavy atom. The summed E-state index contributed by atoms with van der Waals surface area (Å²) < 4.78 is 1.37. The number of hydrogen-bond acceptors (Lipinski definition) is 2. The third kappa shape index (κ3) is 2.51. The first-order valence-electron chi connectivity index (χ1n) is 6.02. The minimum atomic E-state index is -0.100. The molecule has 0 saturated heterocycles. The van der Waals surface area contributed by atoms with Crippen LogP contribution in [0.2, 0.25) is 0 Å². The first kappa shape index (κ1) is 13.0. The molecular formula is C14H16ClNO2. The number of pyridine rings is 1. The molecule has 0 fully saturated rings. The minimum Gasteiger partial charge on any atom is -0.414 e. The smallest absolute Gasteiger partial charge is 0.291 e. The lowest BCUT2D eigenvalue weighted by molar-refractivity contribution is 0.150. The fourth-order valence-corrected chi connectivity index (χ4v) is 2.26. The van der Waals surface area contributed by atoms with Gasteiger partial charge in [0.25, 0.3) is 5.56 Å². The monoisotopic (exact) mass is 265 g/mol. The van der Waals surface area contributed by atoms with Crippen LogP contribution in [-0.4, -0.2) is 17.7 Å². The molecule has 0 radical (unpaired) electrons. The third-order valence-corrected chi connectivity index (χ3v) is 3.23. The first-order valence-corrected chi connectivity index (χ1v) is 6.55. The number of aryl methyl sites for hydroxylation is 1. The second kappa shape index (κ2) is 5.91. The van der Waals surface area contributed by atoms with E-state index in [2.05, 4.69) is 0 Å². The molecule has 0 spiro atoms. The highest BCUT2D eigenvalue weighted by Gasteiger charge is 2.08. The molecular weight excluding hydrogens is 250 g/mol. The number of halogens is 1. The van der Waals surface area contributed by atoms with Crippen LogP contribution in [0.25, 0.3) is 10.8 Å². The maximum absolute atomic E-state index is 12.2. The summed E-state index contributed by atoms with van der Waals surface area (Å²) >= 11 is 5.67. The van der Waals surface area contributed by atoms with E-state index in [-0.39, 0.29) is 5.56 Å². The number of aromatic nitrogens is 1. The topological polar surface area (TPSA) is 31.2 Å². The molecule has 2 rings (SSSR count). The Labute approximate surface area is 111 Å². The van der Waals surface area contributed by atoms with Gasteiger partial charge in [-0.25, -0.2) is 0 Å². The molecule has 0 aliphatic carbocycles. The van der Waals surface area contributed by atoms with Gasteiger partial charge in [-0.15, -0.1) is 16.3 Å². The van der Waals surface area contributed by atoms with E-state index in [1.165, 1.54) is 11.8 Å². The van der Waals surface area contributed by atoms with Crippen LogP contribution in [0, 0.1) is 0 Å². The van der Waals surface area contributed by atoms with Crippen molar-refractivity contribution in [3.8, 4) is 0 Å². The summed E-state index contributed by atoms with van der Waals surface area (Å²) in [7, 11) is 1.52. The molecule has 0 N–H and O–H groups in total. The summed E-state index contributed by atoms with van der Waals surface area (Å²) in [5, 5.41) is 1.64. The van der Waals surface area contributed by atoms with Crippen LogP contribution < -0.4 is 10.4 Å². The standard InChI is InChI=1S/C14H16ClNO2/c1-18-16-12(7-4-5-9-15)10-11-6-2-3-8-13(11)14(16)17/h2-3,6,8,10H,4-5,7,9H2,1H3. The van der Waals surface area contributed by atoms with Crippen molar-refractivity contribution in [2.45, 2.75) is 19.3 Å². The van der Waals surface area contributed by atoms with E-state index in [1.807, 2.05) is 30.3 Å². The van der Waals surface area contributed by atoms with E-state index in [4.69, 9.17) is 16.4 Å². The van der Waals surface area contributed by atoms with Gasteiger partial charge in [-0.2, -0.15) is 0 Å². The SMILES string of the molecule is COn1c(CCCCCl)cc2ccccc2c1=O. The molecule has 96 valence electrons. The Bertz CT molecular complexity index is 592. The van der Waals surface area contributed by atoms with Crippen molar-refractivity contribution >= 4 is 22.4 Å². The van der Waals surface area contributed by atoms with Gasteiger partial charge in [0.1, 0.15) is 7.11 Å². The molecule has 3 nitrogen and oxygen atoms in total. The number of fused-ring (bicyclic) bond motifs is 1. The lowest BCUT2D eigenvalue weighted by Gasteiger charge is -2.12. The maximum atomic E-state index is 12.2. The summed E-state index contributed by atoms with van der Waals surface area (Å²) in [5.74, 6) is 0.644. The van der Waals surface area contributed by atoms with Crippen LogP contribution in [0.4, 0.5) is 0 Å². The number of rotatable bonds is 5. The lowest BCUT2D eigenvalue weighted by atomic mass is 10.1. The van der Waals surface area contributed by atoms with Crippen molar-refractivity contribution < 1.29 is 4.84 Å². The van der Waals surface area contributed by atoms with Crippen LogP contribution in [-0.2, 0) is 6.42 Å². The second-order valence-corrected chi connectivity index (χ2v) is 4.53. The molecule has 1 heterocycles. The van der Waals surface area contributed by atoms with Gasteiger partial charge in [-0.1, -0.05) is 18.2 Å². The summed E-state index contributed by atoms with van der Waals surface area (Å²) in [6.45, 7) is 0. The largest absolute Gasteiger partial charge is 0.414 e. The van der Waals surface area contributed by atoms with Gasteiger partial charge < -0.3 is 4.84 Å². The van der Waals surface area contributed by atoms with Crippen LogP contribution in [0.1, 0.15) is 18.5 Å². The van der Waals surface area contributed by atoms with E-state index in [0.717, 1.165) is 30.3 Å². The van der Waals surface area contributed by atoms with Gasteiger partial charge in [0, 0.05) is 5.88 Å². The molecule has 0 atom stereocenters. The zero-order valence-corrected chi connectivity index (χ0v) is 11.1. The van der Waals surface area contributed by atoms with Crippen molar-refractivity contribution in [3.05, 3.63) is 46.4 Å². The predicted octanol–water partition coefficient (Wildman–Crippen LogP) is 2.62. The fourth-order valence-electron chi connectivity index (χ4n) is 2.07. The summed E-state index contributed by atoms with van der Waals surface area (Å²) in [6.07, 6.45) is 2.68. The summed E-state index contributed by atoms with van der Waals surface area (Å²) in [5.41, 5.74) is 0.794. The minimum absolute atomic E-state index is 0.100. The summed E-state index contributed by atoms with van der Waals surface area (Å²) in [4.78, 5) is 17.4. The molecule has 0 aliphatic heterocycles. The van der Waals surface area contributed by atoms with Gasteiger partial charge in [0.15, 0.2) is 0 Å². The van der Waals surface area contributed by atoms with Crippen LogP contribution in [0.15, 0.2) is 35.1 Å². The number of benzene rings is 1. The van der Waals surface area contributed by atoms with Crippen LogP contribution >= 0.6 is 11.6 Å². The number of nitrogens with zero attached hydrogens (tertiary/aromatic N) is 1. The normalized spacial score (nSPS) is 10.8. The highest BCUT2D eigenvalue weighted by Crippen LogP contribution is 2.13. The predicted molar refractivity (Wildman–Crippen MR) is 74.4 cm³/mol. The van der Waals surface area contributed by atoms with Crippen molar-refractivity contribution in [2.24, 2.45) is 0 Å². The van der Waals surface area contributed by atoms with Crippen molar-refractivity contribution in [3.63, 3.8) is 0 Å². The average molecular weight is 266 g/mol. The van der Waals surface area contributed by atoms with Gasteiger partial charge >= 0.3 is 0 Å². The fraction of sp³-hybridized carbons (Fsp3) is 0.357. The van der Waals surface area contributed by atoms with E-state index >= 15 is 0 Å². The van der Waals surface area contributed by atoms with E-state index < -0.39 is 0 Å². The van der Waals surface area contributed by atoms with E-state index in [1.54, 1.807) is 0 Å². The zero-order chi connectivity index (χ0) is 13.0. The summed E-state index contributed by atoms with van der Waals surface area (Å²) in [6, 6.07) is 9.56. The molecule has 0 unspecified atom stereocenters. The Hall–Kier alpha value is -1.48. The highest BCUT2D eigenvalue weighted by molar-refractivity contribution is 6.17. The number of hydrogen-bond donors (Lipinski definition) is 0. The molecule has 1 aromatic carbocycles. The van der Waals surface area contributed by atoms with Gasteiger partial charge in [-0.05, 0) is 36.8 Å². The van der Waals surface area contributed by atoms with Gasteiger partial charge in [0.2, 0.25) is 0 Å². The maximum Gasteiger partial charge on any atom is 0.291 e. The zero-order valence-electron chi connectivity index (χ0n) is 10.4. The first-order chi connectivity index (χ1) is 8.77. The Balaban J connectivity index is 2.48. The molecule has 0 aliphatic rings. The average Bonchev–Trinajstić information content (AvgIpc) is 2.39. The molecule has 4 heteroatoms. The van der Waals surface area contributed by atoms with Gasteiger partial charge in [0.05, 0.1) is 11.1 Å². The Morgan fingerprint density at radius 1 is 1.28 bits per heavy atom. The van der Waals surface area contributed by atoms with Crippen molar-refractivity contribution in [2.75, 3.05) is 13.0 Å². The third-order valence-electron chi connectivity index (χ3n) is 2.96. The van der Waals surface area contributed by atoms with Crippen molar-refractivity contribution in [1.29, 1.82) is 0 Å². The Kier molecular flexibility index (Phi) is 4.26. The van der Waals surface area contributed by atoms with Crippen LogP contribution in [0.3, 0.4) is 0 Å². The molecule has 0 saturated carbocycles. The van der Waals surface area contributed by atoms with Crippen molar-refractivity contribution in [1.82, 2.24) is 4.73 Å². The van der Waals surface area contributed by atoms with Gasteiger partial charge in [-0.3, -0.25) is 4.79 Å². The molecule has 1 aromatic heterocycles.